The first-order valence-electron chi connectivity index (χ1n) is 8.89. The molecule has 0 atom stereocenters. The highest BCUT2D eigenvalue weighted by atomic mass is 14.7. The largest absolute Gasteiger partial charge is 0.361 e. The van der Waals surface area contributed by atoms with Crippen molar-refractivity contribution >= 4 is 10.8 Å². The van der Waals surface area contributed by atoms with Crippen LogP contribution < -0.4 is 0 Å². The van der Waals surface area contributed by atoms with Crippen molar-refractivity contribution in [1.82, 2.24) is 4.98 Å². The fourth-order valence-electron chi connectivity index (χ4n) is 3.24. The third-order valence-corrected chi connectivity index (χ3v) is 4.52. The van der Waals surface area contributed by atoms with E-state index in [4.69, 9.17) is 0 Å². The number of benzene rings is 1. The molecule has 0 saturated carbocycles. The van der Waals surface area contributed by atoms with Crippen LogP contribution in [0.5, 0.6) is 0 Å². The number of aromatic nitrogens is 1. The average molecular weight is 285 g/mol. The summed E-state index contributed by atoms with van der Waals surface area (Å²) in [6, 6.07) is 8.75. The first-order valence-corrected chi connectivity index (χ1v) is 8.89. The Morgan fingerprint density at radius 1 is 0.762 bits per heavy atom. The number of H-pyrrole nitrogens is 1. The van der Waals surface area contributed by atoms with Crippen LogP contribution in [0.4, 0.5) is 0 Å². The minimum Gasteiger partial charge on any atom is -0.361 e. The van der Waals surface area contributed by atoms with Crippen molar-refractivity contribution in [1.29, 1.82) is 0 Å². The number of unbranched alkanes of at least 4 members (excludes halogenated alkanes) is 8. The lowest BCUT2D eigenvalue weighted by Gasteiger charge is -2.02. The van der Waals surface area contributed by atoms with Gasteiger partial charge in [-0.25, -0.2) is 0 Å². The van der Waals surface area contributed by atoms with Crippen molar-refractivity contribution in [2.24, 2.45) is 0 Å². The second kappa shape index (κ2) is 8.92. The number of hydrogen-bond donors (Lipinski definition) is 1. The van der Waals surface area contributed by atoms with Crippen LogP contribution in [-0.2, 0) is 6.42 Å². The van der Waals surface area contributed by atoms with Crippen molar-refractivity contribution in [2.45, 2.75) is 78.1 Å². The van der Waals surface area contributed by atoms with E-state index < -0.39 is 0 Å². The highest BCUT2D eigenvalue weighted by Gasteiger charge is 2.05. The Morgan fingerprint density at radius 3 is 2.00 bits per heavy atom. The van der Waals surface area contributed by atoms with Crippen molar-refractivity contribution in [3.8, 4) is 0 Å². The minimum absolute atomic E-state index is 1.20. The van der Waals surface area contributed by atoms with Gasteiger partial charge >= 0.3 is 0 Å². The predicted molar refractivity (Wildman–Crippen MR) is 94.0 cm³/mol. The molecule has 2 aromatic rings. The number of hydrogen-bond acceptors (Lipinski definition) is 0. The lowest BCUT2D eigenvalue weighted by atomic mass is 10.0. The molecule has 2 rings (SSSR count). The molecule has 0 unspecified atom stereocenters. The van der Waals surface area contributed by atoms with Crippen LogP contribution in [-0.4, -0.2) is 4.98 Å². The van der Waals surface area contributed by atoms with Gasteiger partial charge in [-0.3, -0.25) is 0 Å². The summed E-state index contributed by atoms with van der Waals surface area (Å²) in [4.78, 5) is 3.58. The molecule has 0 amide bonds. The Balaban J connectivity index is 1.64. The summed E-state index contributed by atoms with van der Waals surface area (Å²) in [6.45, 7) is 4.47. The van der Waals surface area contributed by atoms with Crippen LogP contribution in [0.1, 0.15) is 76.1 Å². The molecule has 1 N–H and O–H groups in total. The number of nitrogens with one attached hydrogen (secondary N) is 1. The van der Waals surface area contributed by atoms with Crippen LogP contribution in [0.15, 0.2) is 24.3 Å². The summed E-state index contributed by atoms with van der Waals surface area (Å²) >= 11 is 0. The lowest BCUT2D eigenvalue weighted by Crippen LogP contribution is -1.88. The van der Waals surface area contributed by atoms with Gasteiger partial charge in [0.25, 0.3) is 0 Å². The average Bonchev–Trinajstić information content (AvgIpc) is 2.83. The van der Waals surface area contributed by atoms with Gasteiger partial charge in [-0.1, -0.05) is 82.6 Å². The van der Waals surface area contributed by atoms with Crippen LogP contribution >= 0.6 is 0 Å². The Hall–Kier alpha value is -1.24. The van der Waals surface area contributed by atoms with Crippen molar-refractivity contribution < 1.29 is 0 Å². The molecule has 0 saturated heterocycles. The maximum absolute atomic E-state index is 3.58. The molecule has 0 aliphatic heterocycles. The maximum atomic E-state index is 3.58. The molecule has 0 radical (unpaired) electrons. The molecule has 1 heterocycles. The summed E-state index contributed by atoms with van der Waals surface area (Å²) in [5, 5.41) is 2.82. The summed E-state index contributed by atoms with van der Waals surface area (Å²) in [5.41, 5.74) is 2.75. The van der Waals surface area contributed by atoms with Gasteiger partial charge in [0.2, 0.25) is 0 Å². The normalized spacial score (nSPS) is 11.3. The summed E-state index contributed by atoms with van der Waals surface area (Å²) in [7, 11) is 0. The Morgan fingerprint density at radius 2 is 1.33 bits per heavy atom. The Kier molecular flexibility index (Phi) is 6.85. The predicted octanol–water partition coefficient (Wildman–Crippen LogP) is 6.55. The first-order chi connectivity index (χ1) is 10.3. The maximum Gasteiger partial charge on any atom is 0.0228 e. The van der Waals surface area contributed by atoms with Gasteiger partial charge in [-0.05, 0) is 19.8 Å². The number of aryl methyl sites for hydroxylation is 2. The van der Waals surface area contributed by atoms with Crippen LogP contribution in [0, 0.1) is 6.92 Å². The van der Waals surface area contributed by atoms with E-state index in [-0.39, 0.29) is 0 Å². The number of fused-ring (bicyclic) bond motifs is 1. The van der Waals surface area contributed by atoms with E-state index in [1.54, 1.807) is 0 Å². The molecule has 1 aromatic carbocycles. The quantitative estimate of drug-likeness (QED) is 0.476. The molecule has 0 aliphatic rings. The zero-order valence-electron chi connectivity index (χ0n) is 13.9. The Labute approximate surface area is 130 Å². The van der Waals surface area contributed by atoms with E-state index >= 15 is 0 Å². The third-order valence-electron chi connectivity index (χ3n) is 4.52. The fraction of sp³-hybridized carbons (Fsp3) is 0.600. The first kappa shape index (κ1) is 16.1. The molecule has 0 spiro atoms. The summed E-state index contributed by atoms with van der Waals surface area (Å²) < 4.78 is 0. The molecular weight excluding hydrogens is 254 g/mol. The van der Waals surface area contributed by atoms with Gasteiger partial charge in [-0.2, -0.15) is 0 Å². The second-order valence-corrected chi connectivity index (χ2v) is 6.35. The number of rotatable bonds is 10. The van der Waals surface area contributed by atoms with Crippen LogP contribution in [0.25, 0.3) is 10.8 Å². The smallest absolute Gasteiger partial charge is 0.0228 e. The third kappa shape index (κ3) is 4.91. The minimum atomic E-state index is 1.20. The molecular formula is C20H31N. The van der Waals surface area contributed by atoms with E-state index in [2.05, 4.69) is 43.1 Å². The molecule has 0 fully saturated rings. The van der Waals surface area contributed by atoms with Gasteiger partial charge in [0.15, 0.2) is 0 Å². The van der Waals surface area contributed by atoms with E-state index in [9.17, 15) is 0 Å². The summed E-state index contributed by atoms with van der Waals surface area (Å²) in [6.07, 6.45) is 13.8. The summed E-state index contributed by atoms with van der Waals surface area (Å²) in [5.74, 6) is 0. The second-order valence-electron chi connectivity index (χ2n) is 6.35. The van der Waals surface area contributed by atoms with Gasteiger partial charge in [0.05, 0.1) is 0 Å². The van der Waals surface area contributed by atoms with Crippen molar-refractivity contribution in [3.63, 3.8) is 0 Å². The van der Waals surface area contributed by atoms with Crippen LogP contribution in [0.3, 0.4) is 0 Å². The molecule has 1 heteroatoms. The molecule has 1 aromatic heterocycles. The topological polar surface area (TPSA) is 15.8 Å². The molecule has 0 aliphatic carbocycles. The van der Waals surface area contributed by atoms with Gasteiger partial charge in [-0.15, -0.1) is 0 Å². The van der Waals surface area contributed by atoms with Gasteiger partial charge in [0.1, 0.15) is 0 Å². The van der Waals surface area contributed by atoms with E-state index in [0.29, 0.717) is 0 Å². The van der Waals surface area contributed by atoms with E-state index in [1.807, 2.05) is 0 Å². The Bertz CT molecular complexity index is 524. The van der Waals surface area contributed by atoms with E-state index in [1.165, 1.54) is 86.4 Å². The molecule has 116 valence electrons. The van der Waals surface area contributed by atoms with Gasteiger partial charge in [0, 0.05) is 22.2 Å². The molecule has 1 nitrogen and oxygen atoms in total. The standard InChI is InChI=1S/C20H31N/c1-3-4-5-6-7-8-9-10-11-16-20-19-15-13-12-14-18(19)17(2)21-20/h12-15,21H,3-11,16H2,1-2H3. The van der Waals surface area contributed by atoms with E-state index in [0.717, 1.165) is 0 Å². The van der Waals surface area contributed by atoms with Crippen molar-refractivity contribution in [3.05, 3.63) is 35.7 Å². The zero-order valence-corrected chi connectivity index (χ0v) is 13.9. The van der Waals surface area contributed by atoms with Crippen LogP contribution in [0.2, 0.25) is 0 Å². The highest BCUT2D eigenvalue weighted by molar-refractivity contribution is 5.87. The SMILES string of the molecule is CCCCCCCCCCCc1[nH]c(C)c2ccccc12. The van der Waals surface area contributed by atoms with Crippen molar-refractivity contribution in [2.75, 3.05) is 0 Å². The lowest BCUT2D eigenvalue weighted by molar-refractivity contribution is 0.564. The monoisotopic (exact) mass is 285 g/mol. The molecule has 0 bridgehead atoms. The highest BCUT2D eigenvalue weighted by Crippen LogP contribution is 2.23. The van der Waals surface area contributed by atoms with Gasteiger partial charge < -0.3 is 4.98 Å². The number of aromatic amines is 1. The molecule has 21 heavy (non-hydrogen) atoms. The zero-order chi connectivity index (χ0) is 14.9. The fourth-order valence-corrected chi connectivity index (χ4v) is 3.24.